The summed E-state index contributed by atoms with van der Waals surface area (Å²) in [6, 6.07) is 4.29. The van der Waals surface area contributed by atoms with Gasteiger partial charge in [0.2, 0.25) is 0 Å². The van der Waals surface area contributed by atoms with Crippen molar-refractivity contribution >= 4 is 29.2 Å². The number of benzene rings is 1. The molecule has 0 aromatic heterocycles. The summed E-state index contributed by atoms with van der Waals surface area (Å²) in [4.78, 5) is 22.3. The van der Waals surface area contributed by atoms with Crippen molar-refractivity contribution < 1.29 is 19.4 Å². The topological polar surface area (TPSA) is 89.6 Å². The van der Waals surface area contributed by atoms with Crippen LogP contribution in [0.1, 0.15) is 23.7 Å². The molecule has 1 aromatic rings. The lowest BCUT2D eigenvalue weighted by Gasteiger charge is -2.12. The van der Waals surface area contributed by atoms with Gasteiger partial charge < -0.3 is 15.6 Å². The average Bonchev–Trinajstić information content (AvgIpc) is 2.24. The van der Waals surface area contributed by atoms with Crippen molar-refractivity contribution in [3.63, 3.8) is 0 Å². The Balaban J connectivity index is 2.86. The van der Waals surface area contributed by atoms with E-state index in [0.717, 1.165) is 0 Å². The van der Waals surface area contributed by atoms with Gasteiger partial charge in [0.25, 0.3) is 0 Å². The average molecular weight is 258 g/mol. The first-order valence-corrected chi connectivity index (χ1v) is 5.32. The second-order valence-electron chi connectivity index (χ2n) is 3.38. The van der Waals surface area contributed by atoms with E-state index in [-0.39, 0.29) is 17.0 Å². The monoisotopic (exact) mass is 257 g/mol. The highest BCUT2D eigenvalue weighted by molar-refractivity contribution is 6.33. The fraction of sp³-hybridized carbons (Fsp3) is 0.273. The highest BCUT2D eigenvalue weighted by atomic mass is 35.5. The number of carboxylic acids is 1. The summed E-state index contributed by atoms with van der Waals surface area (Å²) in [7, 11) is 0. The van der Waals surface area contributed by atoms with Gasteiger partial charge in [-0.2, -0.15) is 0 Å². The molecule has 0 aliphatic heterocycles. The quantitative estimate of drug-likeness (QED) is 0.635. The highest BCUT2D eigenvalue weighted by Gasteiger charge is 2.22. The Morgan fingerprint density at radius 2 is 2.18 bits per heavy atom. The first-order chi connectivity index (χ1) is 7.95. The molecule has 0 heterocycles. The van der Waals surface area contributed by atoms with Crippen LogP contribution in [0, 0.1) is 0 Å². The standard InChI is InChI=1S/C11H12ClNO4/c1-2-9(10(14)15)17-11(16)7-4-3-6(13)5-8(7)12/h3-5,9H,2,13H2,1H3,(H,14,15). The fourth-order valence-electron chi connectivity index (χ4n) is 1.20. The molecular formula is C11H12ClNO4. The van der Waals surface area contributed by atoms with E-state index in [2.05, 4.69) is 0 Å². The normalized spacial score (nSPS) is 11.9. The van der Waals surface area contributed by atoms with Crippen LogP contribution in [0.25, 0.3) is 0 Å². The van der Waals surface area contributed by atoms with E-state index in [4.69, 9.17) is 27.2 Å². The molecule has 1 atom stereocenters. The lowest BCUT2D eigenvalue weighted by Crippen LogP contribution is -2.26. The van der Waals surface area contributed by atoms with Crippen molar-refractivity contribution in [1.29, 1.82) is 0 Å². The van der Waals surface area contributed by atoms with Crippen LogP contribution >= 0.6 is 11.6 Å². The van der Waals surface area contributed by atoms with Gasteiger partial charge in [0.05, 0.1) is 10.6 Å². The summed E-state index contributed by atoms with van der Waals surface area (Å²) < 4.78 is 4.80. The lowest BCUT2D eigenvalue weighted by molar-refractivity contribution is -0.147. The third-order valence-corrected chi connectivity index (χ3v) is 2.42. The van der Waals surface area contributed by atoms with Gasteiger partial charge in [-0.05, 0) is 24.6 Å². The van der Waals surface area contributed by atoms with Crippen LogP contribution in [0.15, 0.2) is 18.2 Å². The van der Waals surface area contributed by atoms with E-state index in [0.29, 0.717) is 5.69 Å². The Morgan fingerprint density at radius 1 is 1.53 bits per heavy atom. The Kier molecular flexibility index (Phi) is 4.34. The number of rotatable bonds is 4. The van der Waals surface area contributed by atoms with Crippen LogP contribution in [0.5, 0.6) is 0 Å². The van der Waals surface area contributed by atoms with E-state index in [1.165, 1.54) is 18.2 Å². The molecule has 0 radical (unpaired) electrons. The van der Waals surface area contributed by atoms with Gasteiger partial charge in [-0.15, -0.1) is 0 Å². The smallest absolute Gasteiger partial charge is 0.345 e. The van der Waals surface area contributed by atoms with E-state index >= 15 is 0 Å². The van der Waals surface area contributed by atoms with Crippen molar-refractivity contribution in [1.82, 2.24) is 0 Å². The number of hydrogen-bond acceptors (Lipinski definition) is 4. The number of hydrogen-bond donors (Lipinski definition) is 2. The Labute approximate surface area is 103 Å². The van der Waals surface area contributed by atoms with Crippen LogP contribution in [-0.4, -0.2) is 23.1 Å². The van der Waals surface area contributed by atoms with Crippen molar-refractivity contribution in [2.75, 3.05) is 5.73 Å². The third kappa shape index (κ3) is 3.35. The van der Waals surface area contributed by atoms with E-state index in [1.807, 2.05) is 0 Å². The van der Waals surface area contributed by atoms with E-state index < -0.39 is 18.0 Å². The van der Waals surface area contributed by atoms with Gasteiger partial charge in [-0.3, -0.25) is 0 Å². The second-order valence-corrected chi connectivity index (χ2v) is 3.79. The molecule has 0 aliphatic rings. The highest BCUT2D eigenvalue weighted by Crippen LogP contribution is 2.20. The van der Waals surface area contributed by atoms with E-state index in [9.17, 15) is 9.59 Å². The van der Waals surface area contributed by atoms with Crippen LogP contribution in [-0.2, 0) is 9.53 Å². The minimum Gasteiger partial charge on any atom is -0.479 e. The predicted octanol–water partition coefficient (Wildman–Crippen LogP) is 1.94. The van der Waals surface area contributed by atoms with Gasteiger partial charge in [0, 0.05) is 5.69 Å². The number of esters is 1. The molecule has 17 heavy (non-hydrogen) atoms. The molecular weight excluding hydrogens is 246 g/mol. The summed E-state index contributed by atoms with van der Waals surface area (Å²) in [6.45, 7) is 1.61. The summed E-state index contributed by atoms with van der Waals surface area (Å²) in [5.41, 5.74) is 5.98. The molecule has 0 spiro atoms. The van der Waals surface area contributed by atoms with Crippen molar-refractivity contribution in [2.45, 2.75) is 19.4 Å². The maximum absolute atomic E-state index is 11.6. The first-order valence-electron chi connectivity index (χ1n) is 4.94. The fourth-order valence-corrected chi connectivity index (χ4v) is 1.46. The largest absolute Gasteiger partial charge is 0.479 e. The number of carbonyl (C=O) groups excluding carboxylic acids is 1. The van der Waals surface area contributed by atoms with Crippen molar-refractivity contribution in [3.05, 3.63) is 28.8 Å². The minimum absolute atomic E-state index is 0.0977. The molecule has 0 saturated carbocycles. The van der Waals surface area contributed by atoms with Crippen LogP contribution in [0.4, 0.5) is 5.69 Å². The Hall–Kier alpha value is -1.75. The maximum atomic E-state index is 11.6. The predicted molar refractivity (Wildman–Crippen MR) is 63.0 cm³/mol. The molecule has 0 bridgehead atoms. The number of halogens is 1. The molecule has 92 valence electrons. The van der Waals surface area contributed by atoms with Gasteiger partial charge in [0.1, 0.15) is 0 Å². The maximum Gasteiger partial charge on any atom is 0.345 e. The van der Waals surface area contributed by atoms with Crippen LogP contribution in [0.3, 0.4) is 0 Å². The number of carbonyl (C=O) groups is 2. The second kappa shape index (κ2) is 5.54. The lowest BCUT2D eigenvalue weighted by atomic mass is 10.2. The molecule has 6 heteroatoms. The van der Waals surface area contributed by atoms with Gasteiger partial charge in [-0.25, -0.2) is 9.59 Å². The minimum atomic E-state index is -1.19. The summed E-state index contributed by atoms with van der Waals surface area (Å²) in [5.74, 6) is -1.96. The number of nitrogens with two attached hydrogens (primary N) is 1. The number of anilines is 1. The molecule has 1 unspecified atom stereocenters. The summed E-state index contributed by atoms with van der Waals surface area (Å²) in [6.07, 6.45) is -0.982. The van der Waals surface area contributed by atoms with E-state index in [1.54, 1.807) is 6.92 Å². The van der Waals surface area contributed by atoms with Gasteiger partial charge in [0.15, 0.2) is 6.10 Å². The number of carboxylic acid groups (broad SMARTS) is 1. The Bertz CT molecular complexity index is 447. The zero-order valence-electron chi connectivity index (χ0n) is 9.14. The van der Waals surface area contributed by atoms with Gasteiger partial charge in [-0.1, -0.05) is 18.5 Å². The third-order valence-electron chi connectivity index (χ3n) is 2.11. The number of nitrogen functional groups attached to an aromatic ring is 1. The SMILES string of the molecule is CCC(OC(=O)c1ccc(N)cc1Cl)C(=O)O. The molecule has 3 N–H and O–H groups in total. The summed E-state index contributed by atoms with van der Waals surface area (Å²) in [5, 5.41) is 8.89. The van der Waals surface area contributed by atoms with Crippen LogP contribution < -0.4 is 5.73 Å². The first kappa shape index (κ1) is 13.3. The Morgan fingerprint density at radius 3 is 2.65 bits per heavy atom. The van der Waals surface area contributed by atoms with Crippen LogP contribution in [0.2, 0.25) is 5.02 Å². The molecule has 0 amide bonds. The molecule has 1 aromatic carbocycles. The number of aliphatic carboxylic acids is 1. The van der Waals surface area contributed by atoms with Crippen molar-refractivity contribution in [3.8, 4) is 0 Å². The summed E-state index contributed by atoms with van der Waals surface area (Å²) >= 11 is 5.80. The molecule has 0 saturated heterocycles. The zero-order chi connectivity index (χ0) is 13.0. The molecule has 5 nitrogen and oxygen atoms in total. The van der Waals surface area contributed by atoms with Gasteiger partial charge >= 0.3 is 11.9 Å². The molecule has 0 aliphatic carbocycles. The number of ether oxygens (including phenoxy) is 1. The molecule has 0 fully saturated rings. The zero-order valence-corrected chi connectivity index (χ0v) is 9.90. The van der Waals surface area contributed by atoms with Crippen molar-refractivity contribution in [2.24, 2.45) is 0 Å². The molecule has 1 rings (SSSR count).